The molecule has 2 rings (SSSR count). The van der Waals surface area contributed by atoms with E-state index in [2.05, 4.69) is 20.9 Å². The van der Waals surface area contributed by atoms with Crippen LogP contribution in [0.25, 0.3) is 10.9 Å². The van der Waals surface area contributed by atoms with Crippen molar-refractivity contribution < 1.29 is 9.90 Å². The first-order valence-electron chi connectivity index (χ1n) is 4.94. The largest absolute Gasteiger partial charge is 0.475 e. The molecule has 0 atom stereocenters. The lowest BCUT2D eigenvalue weighted by Crippen LogP contribution is -2.28. The number of hydrogen-bond donors (Lipinski definition) is 1. The Morgan fingerprint density at radius 1 is 1.41 bits per heavy atom. The topological polar surface area (TPSA) is 72.2 Å². The van der Waals surface area contributed by atoms with Crippen LogP contribution in [-0.2, 0) is 6.54 Å². The SMILES string of the molecule is O=C(O)c1nc2ccccc2c(=O)n1CCBr. The number of fused-ring (bicyclic) bond motifs is 1. The van der Waals surface area contributed by atoms with E-state index >= 15 is 0 Å². The van der Waals surface area contributed by atoms with Crippen molar-refractivity contribution in [3.05, 3.63) is 40.4 Å². The molecule has 0 spiro atoms. The van der Waals surface area contributed by atoms with E-state index in [1.165, 1.54) is 4.57 Å². The van der Waals surface area contributed by atoms with E-state index in [0.717, 1.165) is 0 Å². The van der Waals surface area contributed by atoms with Gasteiger partial charge in [0.1, 0.15) is 0 Å². The molecule has 1 aromatic heterocycles. The first kappa shape index (κ1) is 11.8. The van der Waals surface area contributed by atoms with E-state index < -0.39 is 5.97 Å². The Labute approximate surface area is 105 Å². The highest BCUT2D eigenvalue weighted by Gasteiger charge is 2.15. The van der Waals surface area contributed by atoms with Crippen molar-refractivity contribution >= 4 is 32.8 Å². The average molecular weight is 297 g/mol. The number of carboxylic acids is 1. The van der Waals surface area contributed by atoms with Crippen LogP contribution in [0.3, 0.4) is 0 Å². The van der Waals surface area contributed by atoms with Gasteiger partial charge in [0.2, 0.25) is 5.82 Å². The zero-order valence-corrected chi connectivity index (χ0v) is 10.3. The third-order valence-electron chi connectivity index (χ3n) is 2.36. The Hall–Kier alpha value is -1.69. The van der Waals surface area contributed by atoms with Crippen molar-refractivity contribution in [1.82, 2.24) is 9.55 Å². The number of rotatable bonds is 3. The minimum absolute atomic E-state index is 0.229. The van der Waals surface area contributed by atoms with E-state index in [4.69, 9.17) is 5.11 Å². The maximum absolute atomic E-state index is 12.1. The van der Waals surface area contributed by atoms with E-state index in [1.807, 2.05) is 0 Å². The maximum Gasteiger partial charge on any atom is 0.372 e. The quantitative estimate of drug-likeness (QED) is 0.871. The van der Waals surface area contributed by atoms with Gasteiger partial charge in [-0.1, -0.05) is 28.1 Å². The zero-order valence-electron chi connectivity index (χ0n) is 8.76. The van der Waals surface area contributed by atoms with Gasteiger partial charge in [-0.15, -0.1) is 0 Å². The van der Waals surface area contributed by atoms with Gasteiger partial charge in [0.25, 0.3) is 5.56 Å². The summed E-state index contributed by atoms with van der Waals surface area (Å²) in [6, 6.07) is 6.71. The number of carbonyl (C=O) groups is 1. The first-order valence-corrected chi connectivity index (χ1v) is 6.06. The van der Waals surface area contributed by atoms with E-state index in [9.17, 15) is 9.59 Å². The lowest BCUT2D eigenvalue weighted by molar-refractivity contribution is 0.0676. The van der Waals surface area contributed by atoms with E-state index in [0.29, 0.717) is 16.2 Å². The van der Waals surface area contributed by atoms with Gasteiger partial charge >= 0.3 is 5.97 Å². The van der Waals surface area contributed by atoms with Gasteiger partial charge in [0, 0.05) is 11.9 Å². The Morgan fingerprint density at radius 2 is 2.12 bits per heavy atom. The molecule has 0 unspecified atom stereocenters. The molecule has 1 N–H and O–H groups in total. The predicted molar refractivity (Wildman–Crippen MR) is 66.8 cm³/mol. The molecular weight excluding hydrogens is 288 g/mol. The molecule has 1 aromatic carbocycles. The van der Waals surface area contributed by atoms with Crippen molar-refractivity contribution in [2.75, 3.05) is 5.33 Å². The van der Waals surface area contributed by atoms with Crippen LogP contribution in [-0.4, -0.2) is 26.0 Å². The summed E-state index contributed by atoms with van der Waals surface area (Å²) in [5.41, 5.74) is 0.0770. The Bertz CT molecular complexity index is 636. The molecule has 6 heteroatoms. The fraction of sp³-hybridized carbons (Fsp3) is 0.182. The lowest BCUT2D eigenvalue weighted by atomic mass is 10.2. The second-order valence-corrected chi connectivity index (χ2v) is 4.20. The second kappa shape index (κ2) is 4.67. The summed E-state index contributed by atoms with van der Waals surface area (Å²) in [6.07, 6.45) is 0. The smallest absolute Gasteiger partial charge is 0.372 e. The highest BCUT2D eigenvalue weighted by atomic mass is 79.9. The molecule has 0 aliphatic carbocycles. The summed E-state index contributed by atoms with van der Waals surface area (Å²) >= 11 is 3.19. The summed E-state index contributed by atoms with van der Waals surface area (Å²) in [7, 11) is 0. The van der Waals surface area contributed by atoms with Crippen LogP contribution in [0.1, 0.15) is 10.6 Å². The first-order chi connectivity index (χ1) is 8.15. The maximum atomic E-state index is 12.1. The summed E-state index contributed by atoms with van der Waals surface area (Å²) in [4.78, 5) is 27.1. The van der Waals surface area contributed by atoms with Crippen molar-refractivity contribution in [3.8, 4) is 0 Å². The van der Waals surface area contributed by atoms with Crippen molar-refractivity contribution in [1.29, 1.82) is 0 Å². The number of para-hydroxylation sites is 1. The van der Waals surface area contributed by atoms with Crippen molar-refractivity contribution in [3.63, 3.8) is 0 Å². The Balaban J connectivity index is 2.84. The highest BCUT2D eigenvalue weighted by molar-refractivity contribution is 9.09. The summed E-state index contributed by atoms with van der Waals surface area (Å²) < 4.78 is 1.17. The molecule has 0 aliphatic heterocycles. The highest BCUT2D eigenvalue weighted by Crippen LogP contribution is 2.08. The fourth-order valence-corrected chi connectivity index (χ4v) is 1.98. The zero-order chi connectivity index (χ0) is 12.4. The lowest BCUT2D eigenvalue weighted by Gasteiger charge is -2.08. The minimum atomic E-state index is -1.20. The third kappa shape index (κ3) is 2.08. The van der Waals surface area contributed by atoms with Crippen LogP contribution in [0.2, 0.25) is 0 Å². The molecule has 0 fully saturated rings. The number of nitrogens with zero attached hydrogens (tertiary/aromatic N) is 2. The molecule has 17 heavy (non-hydrogen) atoms. The van der Waals surface area contributed by atoms with E-state index in [1.54, 1.807) is 24.3 Å². The van der Waals surface area contributed by atoms with Gasteiger partial charge < -0.3 is 5.11 Å². The summed E-state index contributed by atoms with van der Waals surface area (Å²) in [5, 5.41) is 9.96. The van der Waals surface area contributed by atoms with E-state index in [-0.39, 0.29) is 17.9 Å². The van der Waals surface area contributed by atoms with Crippen LogP contribution in [0.4, 0.5) is 0 Å². The number of alkyl halides is 1. The number of benzene rings is 1. The average Bonchev–Trinajstić information content (AvgIpc) is 2.32. The molecule has 88 valence electrons. The van der Waals surface area contributed by atoms with Gasteiger partial charge in [-0.25, -0.2) is 9.78 Å². The molecule has 0 saturated carbocycles. The minimum Gasteiger partial charge on any atom is -0.475 e. The van der Waals surface area contributed by atoms with Crippen molar-refractivity contribution in [2.45, 2.75) is 6.54 Å². The van der Waals surface area contributed by atoms with Gasteiger partial charge in [0.15, 0.2) is 0 Å². The van der Waals surface area contributed by atoms with Gasteiger partial charge in [-0.2, -0.15) is 0 Å². The Kier molecular flexibility index (Phi) is 3.23. The summed E-state index contributed by atoms with van der Waals surface area (Å²) in [6.45, 7) is 0.276. The molecule has 5 nitrogen and oxygen atoms in total. The monoisotopic (exact) mass is 296 g/mol. The molecule has 1 heterocycles. The molecule has 0 amide bonds. The van der Waals surface area contributed by atoms with Crippen LogP contribution >= 0.6 is 15.9 Å². The van der Waals surface area contributed by atoms with Gasteiger partial charge in [0.05, 0.1) is 10.9 Å². The predicted octanol–water partition coefficient (Wildman–Crippen LogP) is 1.49. The van der Waals surface area contributed by atoms with Crippen LogP contribution < -0.4 is 5.56 Å². The van der Waals surface area contributed by atoms with Gasteiger partial charge in [-0.3, -0.25) is 9.36 Å². The number of aromatic nitrogens is 2. The standard InChI is InChI=1S/C11H9BrN2O3/c12-5-6-14-9(11(16)17)13-8-4-2-1-3-7(8)10(14)15/h1-4H,5-6H2,(H,16,17). The third-order valence-corrected chi connectivity index (χ3v) is 2.72. The molecule has 0 saturated heterocycles. The molecule has 0 radical (unpaired) electrons. The molecule has 2 aromatic rings. The second-order valence-electron chi connectivity index (χ2n) is 3.40. The van der Waals surface area contributed by atoms with Gasteiger partial charge in [-0.05, 0) is 12.1 Å². The number of aromatic carboxylic acids is 1. The normalized spacial score (nSPS) is 10.6. The van der Waals surface area contributed by atoms with Crippen molar-refractivity contribution in [2.24, 2.45) is 0 Å². The summed E-state index contributed by atoms with van der Waals surface area (Å²) in [5.74, 6) is -1.43. The van der Waals surface area contributed by atoms with Crippen LogP contribution in [0.5, 0.6) is 0 Å². The Morgan fingerprint density at radius 3 is 2.76 bits per heavy atom. The number of carboxylic acid groups (broad SMARTS) is 1. The van der Waals surface area contributed by atoms with Crippen LogP contribution in [0.15, 0.2) is 29.1 Å². The van der Waals surface area contributed by atoms with Crippen LogP contribution in [0, 0.1) is 0 Å². The number of halogens is 1. The molecule has 0 bridgehead atoms. The molecule has 0 aliphatic rings. The molecular formula is C11H9BrN2O3. The fourth-order valence-electron chi connectivity index (χ4n) is 1.62. The number of hydrogen-bond acceptors (Lipinski definition) is 3.